The van der Waals surface area contributed by atoms with Crippen LogP contribution in [0.4, 0.5) is 5.69 Å². The Morgan fingerprint density at radius 3 is 2.37 bits per heavy atom. The summed E-state index contributed by atoms with van der Waals surface area (Å²) < 4.78 is 7.01. The first-order chi connectivity index (χ1) is 13.0. The average Bonchev–Trinajstić information content (AvgIpc) is 3.11. The topological polar surface area (TPSA) is 99.3 Å². The molecular formula is C19H18N4O4. The van der Waals surface area contributed by atoms with Crippen LogP contribution in [-0.2, 0) is 7.05 Å². The van der Waals surface area contributed by atoms with Gasteiger partial charge in [-0.1, -0.05) is 12.1 Å². The second kappa shape index (κ2) is 7.69. The van der Waals surface area contributed by atoms with Crippen LogP contribution in [0.15, 0.2) is 60.9 Å². The fourth-order valence-electron chi connectivity index (χ4n) is 2.70. The summed E-state index contributed by atoms with van der Waals surface area (Å²) >= 11 is 0. The lowest BCUT2D eigenvalue weighted by Crippen LogP contribution is -2.31. The second-order valence-electron chi connectivity index (χ2n) is 5.88. The minimum atomic E-state index is -0.504. The van der Waals surface area contributed by atoms with Gasteiger partial charge in [0.2, 0.25) is 0 Å². The van der Waals surface area contributed by atoms with Crippen LogP contribution in [0, 0.1) is 10.1 Å². The SMILES string of the molecule is COc1ccc([C@@H](NC(=O)c2ccc([N+](=O)[O-])cc2)c2nccn2C)cc1. The molecule has 0 aliphatic rings. The van der Waals surface area contributed by atoms with Crippen LogP contribution in [0.25, 0.3) is 0 Å². The molecule has 0 saturated carbocycles. The van der Waals surface area contributed by atoms with Crippen molar-refractivity contribution in [3.8, 4) is 5.75 Å². The number of non-ortho nitro benzene ring substituents is 1. The fourth-order valence-corrected chi connectivity index (χ4v) is 2.70. The van der Waals surface area contributed by atoms with Crippen LogP contribution in [0.3, 0.4) is 0 Å². The molecule has 1 aromatic heterocycles. The Kier molecular flexibility index (Phi) is 5.16. The van der Waals surface area contributed by atoms with Gasteiger partial charge >= 0.3 is 0 Å². The van der Waals surface area contributed by atoms with Crippen LogP contribution in [0.2, 0.25) is 0 Å². The van der Waals surface area contributed by atoms with Crippen molar-refractivity contribution in [1.29, 1.82) is 0 Å². The monoisotopic (exact) mass is 366 g/mol. The molecule has 0 fully saturated rings. The first kappa shape index (κ1) is 18.1. The Bertz CT molecular complexity index is 949. The minimum Gasteiger partial charge on any atom is -0.497 e. The van der Waals surface area contributed by atoms with Crippen LogP contribution in [-0.4, -0.2) is 27.5 Å². The van der Waals surface area contributed by atoms with Gasteiger partial charge in [-0.15, -0.1) is 0 Å². The van der Waals surface area contributed by atoms with Gasteiger partial charge < -0.3 is 14.6 Å². The smallest absolute Gasteiger partial charge is 0.269 e. The molecular weight excluding hydrogens is 348 g/mol. The molecule has 2 aromatic carbocycles. The molecule has 138 valence electrons. The van der Waals surface area contributed by atoms with E-state index in [1.807, 2.05) is 35.9 Å². The molecule has 0 aliphatic heterocycles. The Labute approximate surface area is 155 Å². The van der Waals surface area contributed by atoms with Gasteiger partial charge in [-0.25, -0.2) is 4.98 Å². The molecule has 8 nitrogen and oxygen atoms in total. The van der Waals surface area contributed by atoms with Gasteiger partial charge in [0, 0.05) is 37.1 Å². The van der Waals surface area contributed by atoms with E-state index in [2.05, 4.69) is 10.3 Å². The number of nitrogens with zero attached hydrogens (tertiary/aromatic N) is 3. The lowest BCUT2D eigenvalue weighted by molar-refractivity contribution is -0.384. The quantitative estimate of drug-likeness (QED) is 0.534. The molecule has 0 unspecified atom stereocenters. The number of carbonyl (C=O) groups excluding carboxylic acids is 1. The summed E-state index contributed by atoms with van der Waals surface area (Å²) in [6, 6.07) is 12.3. The summed E-state index contributed by atoms with van der Waals surface area (Å²) in [7, 11) is 3.43. The number of nitro groups is 1. The normalized spacial score (nSPS) is 11.6. The molecule has 8 heteroatoms. The molecule has 0 aliphatic carbocycles. The van der Waals surface area contributed by atoms with Crippen molar-refractivity contribution in [3.63, 3.8) is 0 Å². The number of rotatable bonds is 6. The van der Waals surface area contributed by atoms with E-state index in [-0.39, 0.29) is 11.6 Å². The van der Waals surface area contributed by atoms with Crippen molar-refractivity contribution in [2.45, 2.75) is 6.04 Å². The number of amides is 1. The predicted molar refractivity (Wildman–Crippen MR) is 98.6 cm³/mol. The van der Waals surface area contributed by atoms with Crippen LogP contribution in [0.5, 0.6) is 5.75 Å². The zero-order valence-corrected chi connectivity index (χ0v) is 14.8. The third-order valence-corrected chi connectivity index (χ3v) is 4.18. The molecule has 3 rings (SSSR count). The summed E-state index contributed by atoms with van der Waals surface area (Å²) in [6.45, 7) is 0. The van der Waals surface area contributed by atoms with Gasteiger partial charge in [0.25, 0.3) is 11.6 Å². The maximum atomic E-state index is 12.7. The van der Waals surface area contributed by atoms with Crippen LogP contribution in [0.1, 0.15) is 27.8 Å². The van der Waals surface area contributed by atoms with Gasteiger partial charge in [-0.05, 0) is 29.8 Å². The van der Waals surface area contributed by atoms with E-state index in [0.717, 1.165) is 5.56 Å². The standard InChI is InChI=1S/C19H18N4O4/c1-22-12-11-20-18(22)17(13-5-9-16(27-2)10-6-13)21-19(24)14-3-7-15(8-4-14)23(25)26/h3-12,17H,1-2H3,(H,21,24)/t17-/m1/s1. The number of benzene rings is 2. The molecule has 0 saturated heterocycles. The van der Waals surface area contributed by atoms with E-state index in [9.17, 15) is 14.9 Å². The average molecular weight is 366 g/mol. The molecule has 0 bridgehead atoms. The molecule has 1 atom stereocenters. The van der Waals surface area contributed by atoms with Gasteiger partial charge in [0.1, 0.15) is 17.6 Å². The summed E-state index contributed by atoms with van der Waals surface area (Å²) in [5.74, 6) is 1.02. The third-order valence-electron chi connectivity index (χ3n) is 4.18. The highest BCUT2D eigenvalue weighted by molar-refractivity contribution is 5.94. The van der Waals surface area contributed by atoms with E-state index < -0.39 is 11.0 Å². The van der Waals surface area contributed by atoms with Gasteiger partial charge in [0.05, 0.1) is 12.0 Å². The molecule has 27 heavy (non-hydrogen) atoms. The second-order valence-corrected chi connectivity index (χ2v) is 5.88. The number of ether oxygens (including phenoxy) is 1. The molecule has 0 spiro atoms. The summed E-state index contributed by atoms with van der Waals surface area (Å²) in [4.78, 5) is 27.3. The molecule has 1 N–H and O–H groups in total. The maximum Gasteiger partial charge on any atom is 0.269 e. The van der Waals surface area contributed by atoms with E-state index in [4.69, 9.17) is 4.74 Å². The highest BCUT2D eigenvalue weighted by Gasteiger charge is 2.22. The minimum absolute atomic E-state index is 0.0673. The number of methoxy groups -OCH3 is 1. The Balaban J connectivity index is 1.90. The van der Waals surface area contributed by atoms with E-state index >= 15 is 0 Å². The molecule has 0 radical (unpaired) electrons. The van der Waals surface area contributed by atoms with E-state index in [1.165, 1.54) is 24.3 Å². The number of nitro benzene ring substituents is 1. The number of aryl methyl sites for hydroxylation is 1. The van der Waals surface area contributed by atoms with Gasteiger partial charge in [0.15, 0.2) is 0 Å². The van der Waals surface area contributed by atoms with E-state index in [0.29, 0.717) is 17.1 Å². The van der Waals surface area contributed by atoms with E-state index in [1.54, 1.807) is 19.5 Å². The van der Waals surface area contributed by atoms with Gasteiger partial charge in [-0.2, -0.15) is 0 Å². The van der Waals surface area contributed by atoms with Crippen molar-refractivity contribution in [1.82, 2.24) is 14.9 Å². The van der Waals surface area contributed by atoms with Crippen LogP contribution < -0.4 is 10.1 Å². The summed E-state index contributed by atoms with van der Waals surface area (Å²) in [5.41, 5.74) is 1.09. The Morgan fingerprint density at radius 1 is 1.19 bits per heavy atom. The fraction of sp³-hybridized carbons (Fsp3) is 0.158. The summed E-state index contributed by atoms with van der Waals surface area (Å²) in [5, 5.41) is 13.7. The van der Waals surface area contributed by atoms with Crippen molar-refractivity contribution >= 4 is 11.6 Å². The predicted octanol–water partition coefficient (Wildman–Crippen LogP) is 2.86. The zero-order chi connectivity index (χ0) is 19.4. The Hall–Kier alpha value is -3.68. The molecule has 3 aromatic rings. The highest BCUT2D eigenvalue weighted by Crippen LogP contribution is 2.23. The highest BCUT2D eigenvalue weighted by atomic mass is 16.6. The largest absolute Gasteiger partial charge is 0.497 e. The number of imidazole rings is 1. The lowest BCUT2D eigenvalue weighted by atomic mass is 10.0. The molecule has 1 amide bonds. The number of carbonyl (C=O) groups is 1. The van der Waals surface area contributed by atoms with Crippen molar-refractivity contribution in [2.24, 2.45) is 7.05 Å². The first-order valence-electron chi connectivity index (χ1n) is 8.16. The van der Waals surface area contributed by atoms with Crippen LogP contribution >= 0.6 is 0 Å². The van der Waals surface area contributed by atoms with Crippen molar-refractivity contribution < 1.29 is 14.5 Å². The van der Waals surface area contributed by atoms with Gasteiger partial charge in [-0.3, -0.25) is 14.9 Å². The maximum absolute atomic E-state index is 12.7. The molecule has 1 heterocycles. The Morgan fingerprint density at radius 2 is 1.85 bits per heavy atom. The first-order valence-corrected chi connectivity index (χ1v) is 8.16. The zero-order valence-electron chi connectivity index (χ0n) is 14.8. The summed E-state index contributed by atoms with van der Waals surface area (Å²) in [6.07, 6.45) is 3.45. The lowest BCUT2D eigenvalue weighted by Gasteiger charge is -2.19. The number of hydrogen-bond acceptors (Lipinski definition) is 5. The number of aromatic nitrogens is 2. The third kappa shape index (κ3) is 3.95. The van der Waals surface area contributed by atoms with Crippen molar-refractivity contribution in [3.05, 3.63) is 88.0 Å². The van der Waals surface area contributed by atoms with Crippen molar-refractivity contribution in [2.75, 3.05) is 7.11 Å². The number of hydrogen-bond donors (Lipinski definition) is 1. The number of nitrogens with one attached hydrogen (secondary N) is 1.